The highest BCUT2D eigenvalue weighted by molar-refractivity contribution is 7.91. The van der Waals surface area contributed by atoms with Gasteiger partial charge in [-0.1, -0.05) is 61.5 Å². The second kappa shape index (κ2) is 7.60. The first-order valence-electron chi connectivity index (χ1n) is 8.65. The van der Waals surface area contributed by atoms with Gasteiger partial charge in [0.25, 0.3) is 5.91 Å². The van der Waals surface area contributed by atoms with Gasteiger partial charge in [-0.2, -0.15) is 0 Å². The number of benzene rings is 2. The van der Waals surface area contributed by atoms with Crippen LogP contribution < -0.4 is 5.32 Å². The average Bonchev–Trinajstić information content (AvgIpc) is 3.01. The van der Waals surface area contributed by atoms with Crippen LogP contribution in [0.3, 0.4) is 0 Å². The number of amides is 1. The normalized spacial score (nSPS) is 20.4. The Balaban J connectivity index is 1.88. The Hall–Kier alpha value is -2.18. The van der Waals surface area contributed by atoms with Gasteiger partial charge < -0.3 is 10.1 Å². The van der Waals surface area contributed by atoms with Crippen molar-refractivity contribution in [1.29, 1.82) is 0 Å². The molecule has 3 atom stereocenters. The van der Waals surface area contributed by atoms with Crippen LogP contribution in [0.4, 0.5) is 0 Å². The molecule has 0 aliphatic heterocycles. The van der Waals surface area contributed by atoms with Crippen LogP contribution in [0, 0.1) is 0 Å². The predicted octanol–water partition coefficient (Wildman–Crippen LogP) is 2.59. The quantitative estimate of drug-likeness (QED) is 0.845. The largest absolute Gasteiger partial charge is 0.367 e. The molecule has 0 saturated carbocycles. The molecule has 0 bridgehead atoms. The fraction of sp³-hybridized carbons (Fsp3) is 0.350. The molecule has 2 aromatic rings. The van der Waals surface area contributed by atoms with Gasteiger partial charge in [0.1, 0.15) is 5.25 Å². The molecule has 1 aliphatic rings. The molecule has 1 unspecified atom stereocenters. The van der Waals surface area contributed by atoms with Crippen molar-refractivity contribution >= 4 is 15.7 Å². The van der Waals surface area contributed by atoms with Crippen molar-refractivity contribution in [3.05, 3.63) is 71.3 Å². The van der Waals surface area contributed by atoms with Gasteiger partial charge >= 0.3 is 0 Å². The molecule has 0 radical (unpaired) electrons. The number of sulfone groups is 1. The Morgan fingerprint density at radius 3 is 2.46 bits per heavy atom. The van der Waals surface area contributed by atoms with Gasteiger partial charge in [0.05, 0.1) is 6.04 Å². The Bertz CT molecular complexity index is 880. The number of ether oxygens (including phenoxy) is 1. The smallest absolute Gasteiger partial charge is 0.254 e. The van der Waals surface area contributed by atoms with E-state index >= 15 is 0 Å². The molecule has 0 heterocycles. The van der Waals surface area contributed by atoms with E-state index in [0.717, 1.165) is 16.7 Å². The first-order valence-corrected chi connectivity index (χ1v) is 10.4. The van der Waals surface area contributed by atoms with Gasteiger partial charge in [-0.25, -0.2) is 8.42 Å². The second-order valence-corrected chi connectivity index (χ2v) is 8.83. The molecule has 0 saturated heterocycles. The molecule has 138 valence electrons. The monoisotopic (exact) mass is 373 g/mol. The molecular weight excluding hydrogens is 350 g/mol. The molecule has 1 amide bonds. The number of hydrogen-bond donors (Lipinski definition) is 1. The van der Waals surface area contributed by atoms with Gasteiger partial charge in [-0.3, -0.25) is 4.79 Å². The number of rotatable bonds is 6. The molecule has 1 N–H and O–H groups in total. The molecular formula is C20H23NO4S. The SMILES string of the molecule is CCS(=O)(=O)[C@@H]1c2ccccc2C[C@H]1NC(=O)C(OC)c1ccccc1. The lowest BCUT2D eigenvalue weighted by molar-refractivity contribution is -0.132. The number of fused-ring (bicyclic) bond motifs is 1. The summed E-state index contributed by atoms with van der Waals surface area (Å²) in [7, 11) is -1.89. The number of methoxy groups -OCH3 is 1. The Morgan fingerprint density at radius 2 is 1.81 bits per heavy atom. The van der Waals surface area contributed by atoms with Crippen LogP contribution in [-0.2, 0) is 25.8 Å². The zero-order chi connectivity index (χ0) is 18.7. The average molecular weight is 373 g/mol. The molecule has 0 aromatic heterocycles. The summed E-state index contributed by atoms with van der Waals surface area (Å²) >= 11 is 0. The third-order valence-electron chi connectivity index (χ3n) is 4.86. The van der Waals surface area contributed by atoms with Crippen molar-refractivity contribution in [2.24, 2.45) is 0 Å². The minimum Gasteiger partial charge on any atom is -0.367 e. The highest BCUT2D eigenvalue weighted by Gasteiger charge is 2.41. The van der Waals surface area contributed by atoms with Crippen molar-refractivity contribution in [2.75, 3.05) is 12.9 Å². The van der Waals surface area contributed by atoms with E-state index in [-0.39, 0.29) is 11.7 Å². The van der Waals surface area contributed by atoms with E-state index in [1.807, 2.05) is 54.6 Å². The zero-order valence-corrected chi connectivity index (χ0v) is 15.7. The number of nitrogens with one attached hydrogen (secondary N) is 1. The molecule has 3 rings (SSSR count). The number of carbonyl (C=O) groups is 1. The van der Waals surface area contributed by atoms with Crippen LogP contribution in [0.2, 0.25) is 0 Å². The topological polar surface area (TPSA) is 72.5 Å². The maximum atomic E-state index is 12.8. The van der Waals surface area contributed by atoms with E-state index in [2.05, 4.69) is 5.32 Å². The fourth-order valence-electron chi connectivity index (χ4n) is 3.59. The van der Waals surface area contributed by atoms with Crippen LogP contribution in [0.15, 0.2) is 54.6 Å². The van der Waals surface area contributed by atoms with E-state index in [1.165, 1.54) is 7.11 Å². The van der Waals surface area contributed by atoms with Crippen LogP contribution in [0.5, 0.6) is 0 Å². The predicted molar refractivity (Wildman–Crippen MR) is 100 cm³/mol. The first-order chi connectivity index (χ1) is 12.5. The molecule has 6 heteroatoms. The third kappa shape index (κ3) is 3.52. The molecule has 0 fully saturated rings. The lowest BCUT2D eigenvalue weighted by Gasteiger charge is -2.24. The summed E-state index contributed by atoms with van der Waals surface area (Å²) in [6.07, 6.45) is -0.276. The number of carbonyl (C=O) groups excluding carboxylic acids is 1. The van der Waals surface area contributed by atoms with Crippen molar-refractivity contribution in [2.45, 2.75) is 30.7 Å². The molecule has 0 spiro atoms. The Morgan fingerprint density at radius 1 is 1.15 bits per heavy atom. The third-order valence-corrected chi connectivity index (χ3v) is 7.02. The Labute approximate surface area is 154 Å². The van der Waals surface area contributed by atoms with Crippen LogP contribution in [0.1, 0.15) is 35.0 Å². The van der Waals surface area contributed by atoms with E-state index in [0.29, 0.717) is 6.42 Å². The van der Waals surface area contributed by atoms with Gasteiger partial charge in [0.15, 0.2) is 15.9 Å². The van der Waals surface area contributed by atoms with Crippen molar-refractivity contribution in [3.8, 4) is 0 Å². The summed E-state index contributed by atoms with van der Waals surface area (Å²) in [5, 5.41) is 2.20. The molecule has 2 aromatic carbocycles. The molecule has 5 nitrogen and oxygen atoms in total. The van der Waals surface area contributed by atoms with E-state index < -0.39 is 27.2 Å². The summed E-state index contributed by atoms with van der Waals surface area (Å²) in [6.45, 7) is 1.64. The highest BCUT2D eigenvalue weighted by Crippen LogP contribution is 2.38. The zero-order valence-electron chi connectivity index (χ0n) is 14.9. The highest BCUT2D eigenvalue weighted by atomic mass is 32.2. The Kier molecular flexibility index (Phi) is 5.44. The number of hydrogen-bond acceptors (Lipinski definition) is 4. The van der Waals surface area contributed by atoms with E-state index in [9.17, 15) is 13.2 Å². The van der Waals surface area contributed by atoms with Crippen molar-refractivity contribution in [1.82, 2.24) is 5.32 Å². The summed E-state index contributed by atoms with van der Waals surface area (Å²) < 4.78 is 30.7. The standard InChI is InChI=1S/C20H23NO4S/c1-3-26(23,24)19-16-12-8-7-11-15(16)13-17(19)21-20(22)18(25-2)14-9-5-4-6-10-14/h4-12,17-19H,3,13H2,1-2H3,(H,21,22)/t17-,18?,19-/m1/s1. The molecule has 26 heavy (non-hydrogen) atoms. The van der Waals surface area contributed by atoms with E-state index in [1.54, 1.807) is 6.92 Å². The molecule has 1 aliphatic carbocycles. The lowest BCUT2D eigenvalue weighted by atomic mass is 10.1. The van der Waals surface area contributed by atoms with Crippen molar-refractivity contribution in [3.63, 3.8) is 0 Å². The lowest BCUT2D eigenvalue weighted by Crippen LogP contribution is -2.43. The maximum absolute atomic E-state index is 12.8. The van der Waals surface area contributed by atoms with Crippen LogP contribution in [-0.4, -0.2) is 33.2 Å². The minimum atomic E-state index is -3.36. The van der Waals surface area contributed by atoms with Gasteiger partial charge in [0.2, 0.25) is 0 Å². The summed E-state index contributed by atoms with van der Waals surface area (Å²) in [4.78, 5) is 12.8. The van der Waals surface area contributed by atoms with Gasteiger partial charge in [0, 0.05) is 12.9 Å². The van der Waals surface area contributed by atoms with Gasteiger partial charge in [-0.05, 0) is 23.1 Å². The van der Waals surface area contributed by atoms with Crippen LogP contribution >= 0.6 is 0 Å². The summed E-state index contributed by atoms with van der Waals surface area (Å²) in [5.41, 5.74) is 2.49. The summed E-state index contributed by atoms with van der Waals surface area (Å²) in [5.74, 6) is -0.294. The second-order valence-electron chi connectivity index (χ2n) is 6.42. The maximum Gasteiger partial charge on any atom is 0.254 e. The fourth-order valence-corrected chi connectivity index (χ4v) is 5.23. The first kappa shape index (κ1) is 18.6. The summed E-state index contributed by atoms with van der Waals surface area (Å²) in [6, 6.07) is 16.2. The van der Waals surface area contributed by atoms with Crippen molar-refractivity contribution < 1.29 is 17.9 Å². The van der Waals surface area contributed by atoms with Gasteiger partial charge in [-0.15, -0.1) is 0 Å². The minimum absolute atomic E-state index is 0.0325. The van der Waals surface area contributed by atoms with E-state index in [4.69, 9.17) is 4.74 Å². The van der Waals surface area contributed by atoms with Crippen LogP contribution in [0.25, 0.3) is 0 Å².